The minimum absolute atomic E-state index is 0.0729. The maximum atomic E-state index is 12.8. The summed E-state index contributed by atoms with van der Waals surface area (Å²) >= 11 is 0. The van der Waals surface area contributed by atoms with Crippen LogP contribution in [0.5, 0.6) is 5.75 Å². The number of hydrogen-bond donors (Lipinski definition) is 0. The molecule has 0 radical (unpaired) electrons. The van der Waals surface area contributed by atoms with Crippen molar-refractivity contribution in [1.29, 1.82) is 0 Å². The highest BCUT2D eigenvalue weighted by molar-refractivity contribution is 5.95. The summed E-state index contributed by atoms with van der Waals surface area (Å²) in [6.07, 6.45) is 2.81. The minimum atomic E-state index is -0.257. The van der Waals surface area contributed by atoms with Crippen LogP contribution in [-0.4, -0.2) is 47.4 Å². The lowest BCUT2D eigenvalue weighted by Gasteiger charge is -2.44. The van der Waals surface area contributed by atoms with Gasteiger partial charge in [-0.3, -0.25) is 9.59 Å². The van der Waals surface area contributed by atoms with Crippen molar-refractivity contribution < 1.29 is 14.3 Å². The first-order chi connectivity index (χ1) is 10.3. The van der Waals surface area contributed by atoms with Crippen LogP contribution in [-0.2, 0) is 9.59 Å². The lowest BCUT2D eigenvalue weighted by atomic mass is 9.96. The summed E-state index contributed by atoms with van der Waals surface area (Å²) in [6, 6.07) is 7.39. The summed E-state index contributed by atoms with van der Waals surface area (Å²) in [5.74, 6) is 0.983. The van der Waals surface area contributed by atoms with Crippen molar-refractivity contribution in [2.45, 2.75) is 31.3 Å². The molecule has 2 amide bonds. The Balaban J connectivity index is 1.64. The Kier molecular flexibility index (Phi) is 2.87. The van der Waals surface area contributed by atoms with Gasteiger partial charge in [0.2, 0.25) is 11.8 Å². The van der Waals surface area contributed by atoms with Crippen LogP contribution in [0.4, 0.5) is 0 Å². The van der Waals surface area contributed by atoms with E-state index in [1.54, 1.807) is 9.80 Å². The average Bonchev–Trinajstić information content (AvgIpc) is 2.95. The fourth-order valence-corrected chi connectivity index (χ4v) is 3.66. The van der Waals surface area contributed by atoms with Gasteiger partial charge in [0.05, 0.1) is 6.04 Å². The number of para-hydroxylation sites is 1. The van der Waals surface area contributed by atoms with Crippen LogP contribution in [0.25, 0.3) is 0 Å². The molecule has 0 aromatic heterocycles. The molecule has 110 valence electrons. The summed E-state index contributed by atoms with van der Waals surface area (Å²) in [5.41, 5.74) is 1.02. The van der Waals surface area contributed by atoms with E-state index in [1.807, 2.05) is 24.3 Å². The predicted molar refractivity (Wildman–Crippen MR) is 75.7 cm³/mol. The molecule has 2 saturated heterocycles. The first-order valence-corrected chi connectivity index (χ1v) is 7.57. The second-order valence-corrected chi connectivity index (χ2v) is 5.93. The topological polar surface area (TPSA) is 49.9 Å². The van der Waals surface area contributed by atoms with Gasteiger partial charge in [0.15, 0.2) is 0 Å². The number of piperidine rings is 1. The Bertz CT molecular complexity index is 601. The number of hydrogen-bond acceptors (Lipinski definition) is 3. The predicted octanol–water partition coefficient (Wildman–Crippen LogP) is 1.34. The van der Waals surface area contributed by atoms with E-state index < -0.39 is 0 Å². The van der Waals surface area contributed by atoms with Crippen LogP contribution in [0.3, 0.4) is 0 Å². The van der Waals surface area contributed by atoms with Gasteiger partial charge in [0.25, 0.3) is 0 Å². The van der Waals surface area contributed by atoms with Crippen molar-refractivity contribution in [2.75, 3.05) is 19.7 Å². The number of nitrogens with zero attached hydrogens (tertiary/aromatic N) is 2. The number of benzene rings is 1. The molecule has 1 aromatic carbocycles. The Morgan fingerprint density at radius 1 is 1.05 bits per heavy atom. The van der Waals surface area contributed by atoms with E-state index in [2.05, 4.69) is 0 Å². The molecular formula is C16H18N2O3. The Labute approximate surface area is 123 Å². The summed E-state index contributed by atoms with van der Waals surface area (Å²) in [4.78, 5) is 28.6. The fourth-order valence-electron chi connectivity index (χ4n) is 3.66. The van der Waals surface area contributed by atoms with Crippen LogP contribution in [0.1, 0.15) is 30.9 Å². The Hall–Kier alpha value is -2.04. The Morgan fingerprint density at radius 3 is 2.81 bits per heavy atom. The molecule has 2 unspecified atom stereocenters. The summed E-state index contributed by atoms with van der Waals surface area (Å²) in [7, 11) is 0. The maximum Gasteiger partial charge on any atom is 0.246 e. The summed E-state index contributed by atoms with van der Waals surface area (Å²) < 4.78 is 5.67. The molecular weight excluding hydrogens is 268 g/mol. The van der Waals surface area contributed by atoms with Crippen molar-refractivity contribution in [2.24, 2.45) is 0 Å². The van der Waals surface area contributed by atoms with Gasteiger partial charge in [0.1, 0.15) is 24.9 Å². The van der Waals surface area contributed by atoms with E-state index in [4.69, 9.17) is 4.74 Å². The first kappa shape index (κ1) is 12.7. The van der Waals surface area contributed by atoms with Gasteiger partial charge in [-0.25, -0.2) is 0 Å². The molecule has 4 rings (SSSR count). The molecule has 0 aliphatic carbocycles. The van der Waals surface area contributed by atoms with E-state index in [-0.39, 0.29) is 30.4 Å². The van der Waals surface area contributed by atoms with Gasteiger partial charge in [-0.2, -0.15) is 0 Å². The largest absolute Gasteiger partial charge is 0.491 e. The number of piperazine rings is 1. The second-order valence-electron chi connectivity index (χ2n) is 5.93. The van der Waals surface area contributed by atoms with E-state index in [9.17, 15) is 9.59 Å². The Morgan fingerprint density at radius 2 is 1.90 bits per heavy atom. The molecule has 0 spiro atoms. The van der Waals surface area contributed by atoms with E-state index in [1.165, 1.54) is 0 Å². The number of carbonyl (C=O) groups excluding carboxylic acids is 2. The van der Waals surface area contributed by atoms with Crippen molar-refractivity contribution in [3.05, 3.63) is 29.8 Å². The molecule has 0 saturated carbocycles. The van der Waals surface area contributed by atoms with Crippen LogP contribution in [0, 0.1) is 0 Å². The third kappa shape index (κ3) is 1.91. The highest BCUT2D eigenvalue weighted by Gasteiger charge is 2.44. The second kappa shape index (κ2) is 4.76. The zero-order valence-electron chi connectivity index (χ0n) is 11.8. The first-order valence-electron chi connectivity index (χ1n) is 7.57. The minimum Gasteiger partial charge on any atom is -0.491 e. The van der Waals surface area contributed by atoms with Gasteiger partial charge in [0, 0.05) is 12.1 Å². The summed E-state index contributed by atoms with van der Waals surface area (Å²) in [6.45, 7) is 1.35. The van der Waals surface area contributed by atoms with E-state index >= 15 is 0 Å². The molecule has 5 heteroatoms. The third-order valence-electron chi connectivity index (χ3n) is 4.75. The molecule has 3 aliphatic heterocycles. The van der Waals surface area contributed by atoms with E-state index in [0.717, 1.165) is 37.1 Å². The molecule has 5 nitrogen and oxygen atoms in total. The lowest BCUT2D eigenvalue weighted by Crippen LogP contribution is -2.61. The van der Waals surface area contributed by atoms with Gasteiger partial charge < -0.3 is 14.5 Å². The highest BCUT2D eigenvalue weighted by Crippen LogP contribution is 2.38. The van der Waals surface area contributed by atoms with E-state index in [0.29, 0.717) is 6.61 Å². The van der Waals surface area contributed by atoms with Gasteiger partial charge in [-0.05, 0) is 25.3 Å². The number of carbonyl (C=O) groups is 2. The highest BCUT2D eigenvalue weighted by atomic mass is 16.5. The molecule has 3 aliphatic rings. The monoisotopic (exact) mass is 286 g/mol. The maximum absolute atomic E-state index is 12.8. The standard InChI is InChI=1S/C16H18N2O3/c19-15-9-18(16(20)12-6-3-4-8-17(12)15)13-10-21-14-7-2-1-5-11(13)14/h1-2,5,7,12-13H,3-4,6,8-10H2. The normalized spacial score (nSPS) is 28.2. The van der Waals surface area contributed by atoms with Crippen LogP contribution >= 0.6 is 0 Å². The quantitative estimate of drug-likeness (QED) is 0.783. The van der Waals surface area contributed by atoms with Crippen molar-refractivity contribution in [1.82, 2.24) is 9.80 Å². The molecule has 2 atom stereocenters. The average molecular weight is 286 g/mol. The van der Waals surface area contributed by atoms with Crippen molar-refractivity contribution in [3.8, 4) is 5.75 Å². The SMILES string of the molecule is O=C1CN(C2COc3ccccc32)C(=O)C2CCCCN12. The molecule has 21 heavy (non-hydrogen) atoms. The van der Waals surface area contributed by atoms with Gasteiger partial charge in [-0.1, -0.05) is 18.2 Å². The van der Waals surface area contributed by atoms with Crippen molar-refractivity contribution in [3.63, 3.8) is 0 Å². The number of fused-ring (bicyclic) bond motifs is 2. The smallest absolute Gasteiger partial charge is 0.246 e. The number of rotatable bonds is 1. The molecule has 1 aromatic rings. The van der Waals surface area contributed by atoms with Gasteiger partial charge >= 0.3 is 0 Å². The fraction of sp³-hybridized carbons (Fsp3) is 0.500. The zero-order chi connectivity index (χ0) is 14.4. The van der Waals surface area contributed by atoms with Crippen molar-refractivity contribution >= 4 is 11.8 Å². The molecule has 2 fully saturated rings. The van der Waals surface area contributed by atoms with Crippen LogP contribution < -0.4 is 4.74 Å². The molecule has 3 heterocycles. The molecule has 0 bridgehead atoms. The third-order valence-corrected chi connectivity index (χ3v) is 4.75. The van der Waals surface area contributed by atoms with Crippen LogP contribution in [0.15, 0.2) is 24.3 Å². The lowest BCUT2D eigenvalue weighted by molar-refractivity contribution is -0.160. The molecule has 0 N–H and O–H groups in total. The van der Waals surface area contributed by atoms with Gasteiger partial charge in [-0.15, -0.1) is 0 Å². The number of amides is 2. The zero-order valence-corrected chi connectivity index (χ0v) is 11.8. The number of ether oxygens (including phenoxy) is 1. The van der Waals surface area contributed by atoms with Crippen LogP contribution in [0.2, 0.25) is 0 Å². The summed E-state index contributed by atoms with van der Waals surface area (Å²) in [5, 5.41) is 0.